The lowest BCUT2D eigenvalue weighted by molar-refractivity contribution is -0.142. The van der Waals surface area contributed by atoms with Crippen LogP contribution in [0.4, 0.5) is 22.0 Å². The Morgan fingerprint density at radius 3 is 2.13 bits per heavy atom. The molecule has 1 rings (SSSR count). The van der Waals surface area contributed by atoms with Gasteiger partial charge in [0.15, 0.2) is 0 Å². The quantitative estimate of drug-likeness (QED) is 0.729. The van der Waals surface area contributed by atoms with Gasteiger partial charge in [-0.15, -0.1) is 0 Å². The molecular formula is C9H7F5O. The third-order valence-corrected chi connectivity index (χ3v) is 1.85. The van der Waals surface area contributed by atoms with Crippen molar-refractivity contribution < 1.29 is 27.1 Å². The third kappa shape index (κ3) is 2.26. The molecule has 0 saturated heterocycles. The molecule has 0 aliphatic carbocycles. The van der Waals surface area contributed by atoms with E-state index >= 15 is 0 Å². The minimum absolute atomic E-state index is 0.480. The minimum atomic E-state index is -5.11. The Bertz CT molecular complexity index is 370. The molecule has 15 heavy (non-hydrogen) atoms. The van der Waals surface area contributed by atoms with Crippen LogP contribution in [0.5, 0.6) is 0 Å². The maximum Gasteiger partial charge on any atom is 0.422 e. The monoisotopic (exact) mass is 226 g/mol. The number of rotatable bonds is 1. The molecule has 84 valence electrons. The minimum Gasteiger partial charge on any atom is -0.389 e. The first-order chi connectivity index (χ1) is 6.75. The van der Waals surface area contributed by atoms with Gasteiger partial charge in [-0.2, -0.15) is 13.2 Å². The zero-order valence-electron chi connectivity index (χ0n) is 7.57. The fraction of sp³-hybridized carbons (Fsp3) is 0.333. The van der Waals surface area contributed by atoms with Crippen LogP contribution in [0.3, 0.4) is 0 Å². The molecule has 0 fully saturated rings. The van der Waals surface area contributed by atoms with Gasteiger partial charge in [-0.3, -0.25) is 0 Å². The zero-order chi connectivity index (χ0) is 11.8. The van der Waals surface area contributed by atoms with Crippen LogP contribution < -0.4 is 0 Å². The van der Waals surface area contributed by atoms with Crippen molar-refractivity contribution in [2.24, 2.45) is 0 Å². The van der Waals surface area contributed by atoms with Gasteiger partial charge in [0.1, 0.15) is 17.2 Å². The number of halogens is 5. The number of aliphatic hydroxyl groups is 1. The number of aliphatic hydroxyl groups excluding tert-OH is 1. The molecule has 0 saturated carbocycles. The Morgan fingerprint density at radius 1 is 1.20 bits per heavy atom. The van der Waals surface area contributed by atoms with Gasteiger partial charge >= 0.3 is 6.18 Å². The van der Waals surface area contributed by atoms with Crippen molar-refractivity contribution in [2.75, 3.05) is 0 Å². The number of benzene rings is 1. The largest absolute Gasteiger partial charge is 0.422 e. The van der Waals surface area contributed by atoms with Crippen LogP contribution in [-0.2, 0) is 6.18 Å². The molecule has 0 aliphatic rings. The number of alkyl halides is 3. The summed E-state index contributed by atoms with van der Waals surface area (Å²) in [5.74, 6) is -3.46. The molecule has 1 atom stereocenters. The summed E-state index contributed by atoms with van der Waals surface area (Å²) < 4.78 is 62.5. The van der Waals surface area contributed by atoms with E-state index in [1.54, 1.807) is 0 Å². The number of hydrogen-bond donors (Lipinski definition) is 1. The van der Waals surface area contributed by atoms with E-state index < -0.39 is 35.0 Å². The maximum atomic E-state index is 13.2. The molecular weight excluding hydrogens is 219 g/mol. The lowest BCUT2D eigenvalue weighted by Gasteiger charge is -2.13. The van der Waals surface area contributed by atoms with Crippen LogP contribution in [0, 0.1) is 11.6 Å². The molecule has 6 heteroatoms. The summed E-state index contributed by atoms with van der Waals surface area (Å²) in [6.45, 7) is 1.09. The summed E-state index contributed by atoms with van der Waals surface area (Å²) in [4.78, 5) is 0. The van der Waals surface area contributed by atoms with Gasteiger partial charge in [0.25, 0.3) is 0 Å². The van der Waals surface area contributed by atoms with Crippen LogP contribution in [0.2, 0.25) is 0 Å². The van der Waals surface area contributed by atoms with Gasteiger partial charge in [-0.05, 0) is 13.0 Å². The average Bonchev–Trinajstić information content (AvgIpc) is 2.00. The van der Waals surface area contributed by atoms with E-state index in [2.05, 4.69) is 0 Å². The van der Waals surface area contributed by atoms with Crippen LogP contribution in [0.15, 0.2) is 12.1 Å². The molecule has 0 amide bonds. The van der Waals surface area contributed by atoms with Crippen molar-refractivity contribution in [1.29, 1.82) is 0 Å². The first kappa shape index (κ1) is 11.9. The molecule has 0 bridgehead atoms. The summed E-state index contributed by atoms with van der Waals surface area (Å²) in [7, 11) is 0. The van der Waals surface area contributed by atoms with Gasteiger partial charge in [0.2, 0.25) is 0 Å². The molecule has 1 nitrogen and oxygen atoms in total. The van der Waals surface area contributed by atoms with Gasteiger partial charge < -0.3 is 5.11 Å². The lowest BCUT2D eigenvalue weighted by atomic mass is 10.0. The SMILES string of the molecule is CC(O)c1ccc(F)c(C(F)(F)F)c1F. The lowest BCUT2D eigenvalue weighted by Crippen LogP contribution is -2.14. The van der Waals surface area contributed by atoms with E-state index in [0.717, 1.165) is 13.0 Å². The predicted octanol–water partition coefficient (Wildman–Crippen LogP) is 3.04. The second-order valence-corrected chi connectivity index (χ2v) is 3.00. The van der Waals surface area contributed by atoms with Crippen molar-refractivity contribution in [2.45, 2.75) is 19.2 Å². The van der Waals surface area contributed by atoms with E-state index in [-0.39, 0.29) is 0 Å². The Balaban J connectivity index is 3.44. The van der Waals surface area contributed by atoms with Gasteiger partial charge in [-0.1, -0.05) is 6.07 Å². The summed E-state index contributed by atoms with van der Waals surface area (Å²) in [5, 5.41) is 8.96. The van der Waals surface area contributed by atoms with Crippen molar-refractivity contribution in [3.05, 3.63) is 34.9 Å². The molecule has 1 aromatic carbocycles. The molecule has 1 aromatic rings. The Kier molecular flexibility index (Phi) is 2.99. The fourth-order valence-corrected chi connectivity index (χ4v) is 1.15. The first-order valence-electron chi connectivity index (χ1n) is 3.98. The van der Waals surface area contributed by atoms with Crippen molar-refractivity contribution in [1.82, 2.24) is 0 Å². The zero-order valence-corrected chi connectivity index (χ0v) is 7.57. The molecule has 0 spiro atoms. The van der Waals surface area contributed by atoms with Crippen molar-refractivity contribution in [3.63, 3.8) is 0 Å². The molecule has 1 N–H and O–H groups in total. The van der Waals surface area contributed by atoms with Crippen LogP contribution in [0.25, 0.3) is 0 Å². The molecule has 0 radical (unpaired) electrons. The Hall–Kier alpha value is -1.17. The summed E-state index contributed by atoms with van der Waals surface area (Å²) in [6.07, 6.45) is -6.54. The van der Waals surface area contributed by atoms with Gasteiger partial charge in [0.05, 0.1) is 6.10 Å². The van der Waals surface area contributed by atoms with Gasteiger partial charge in [-0.25, -0.2) is 8.78 Å². The molecule has 1 unspecified atom stereocenters. The maximum absolute atomic E-state index is 13.2. The highest BCUT2D eigenvalue weighted by atomic mass is 19.4. The predicted molar refractivity (Wildman–Crippen MR) is 42.0 cm³/mol. The van der Waals surface area contributed by atoms with Crippen molar-refractivity contribution >= 4 is 0 Å². The summed E-state index contributed by atoms with van der Waals surface area (Å²) in [6, 6.07) is 1.26. The third-order valence-electron chi connectivity index (χ3n) is 1.85. The fourth-order valence-electron chi connectivity index (χ4n) is 1.15. The molecule has 0 aliphatic heterocycles. The highest BCUT2D eigenvalue weighted by molar-refractivity contribution is 5.30. The van der Waals surface area contributed by atoms with E-state index in [1.165, 1.54) is 0 Å². The summed E-state index contributed by atoms with van der Waals surface area (Å²) in [5.41, 5.74) is -2.55. The topological polar surface area (TPSA) is 20.2 Å². The van der Waals surface area contributed by atoms with E-state index in [0.29, 0.717) is 6.07 Å². The molecule has 0 aromatic heterocycles. The van der Waals surface area contributed by atoms with E-state index in [4.69, 9.17) is 5.11 Å². The van der Waals surface area contributed by atoms with Crippen LogP contribution >= 0.6 is 0 Å². The highest BCUT2D eigenvalue weighted by Gasteiger charge is 2.38. The number of hydrogen-bond acceptors (Lipinski definition) is 1. The summed E-state index contributed by atoms with van der Waals surface area (Å²) >= 11 is 0. The second-order valence-electron chi connectivity index (χ2n) is 3.00. The molecule has 0 heterocycles. The van der Waals surface area contributed by atoms with E-state index in [1.807, 2.05) is 0 Å². The van der Waals surface area contributed by atoms with Crippen LogP contribution in [-0.4, -0.2) is 5.11 Å². The van der Waals surface area contributed by atoms with Crippen molar-refractivity contribution in [3.8, 4) is 0 Å². The second kappa shape index (κ2) is 3.77. The van der Waals surface area contributed by atoms with E-state index in [9.17, 15) is 22.0 Å². The van der Waals surface area contributed by atoms with Crippen LogP contribution in [0.1, 0.15) is 24.2 Å². The Labute approximate surface area is 82.1 Å². The Morgan fingerprint density at radius 2 is 1.73 bits per heavy atom. The smallest absolute Gasteiger partial charge is 0.389 e. The highest BCUT2D eigenvalue weighted by Crippen LogP contribution is 2.35. The average molecular weight is 226 g/mol. The first-order valence-corrected chi connectivity index (χ1v) is 3.98. The normalized spacial score (nSPS) is 14.1. The standard InChI is InChI=1S/C9H7F5O/c1-4(15)5-2-3-6(10)7(8(5)11)9(12,13)14/h2-4,15H,1H3. The van der Waals surface area contributed by atoms with Gasteiger partial charge in [0, 0.05) is 5.56 Å².